The van der Waals surface area contributed by atoms with E-state index in [4.69, 9.17) is 4.74 Å². The summed E-state index contributed by atoms with van der Waals surface area (Å²) in [6.07, 6.45) is 3.05. The summed E-state index contributed by atoms with van der Waals surface area (Å²) in [5, 5.41) is 11.8. The van der Waals surface area contributed by atoms with Crippen LogP contribution in [0.4, 0.5) is 0 Å². The fourth-order valence-electron chi connectivity index (χ4n) is 2.05. The Kier molecular flexibility index (Phi) is 7.60. The first-order chi connectivity index (χ1) is 10.5. The minimum absolute atomic E-state index is 0.113. The maximum atomic E-state index is 11.8. The lowest BCUT2D eigenvalue weighted by molar-refractivity contribution is -0.142. The van der Waals surface area contributed by atoms with Gasteiger partial charge in [-0.2, -0.15) is 0 Å². The number of aryl methyl sites for hydroxylation is 2. The summed E-state index contributed by atoms with van der Waals surface area (Å²) in [7, 11) is 0. The van der Waals surface area contributed by atoms with E-state index in [1.807, 2.05) is 19.9 Å². The summed E-state index contributed by atoms with van der Waals surface area (Å²) in [4.78, 5) is 23.2. The van der Waals surface area contributed by atoms with E-state index in [-0.39, 0.29) is 6.61 Å². The monoisotopic (exact) mass is 307 g/mol. The highest BCUT2D eigenvalue weighted by Crippen LogP contribution is 2.17. The molecular formula is C17H25NO4. The predicted molar refractivity (Wildman–Crippen MR) is 84.8 cm³/mol. The molecule has 0 aliphatic rings. The van der Waals surface area contributed by atoms with Gasteiger partial charge < -0.3 is 15.2 Å². The number of carbonyl (C=O) groups is 2. The average Bonchev–Trinajstić information content (AvgIpc) is 2.47. The lowest BCUT2D eigenvalue weighted by Crippen LogP contribution is -2.36. The Balaban J connectivity index is 2.59. The van der Waals surface area contributed by atoms with Crippen molar-refractivity contribution in [2.24, 2.45) is 0 Å². The van der Waals surface area contributed by atoms with Crippen LogP contribution in [-0.2, 0) is 14.3 Å². The lowest BCUT2D eigenvalue weighted by atomic mass is 10.0. The Bertz CT molecular complexity index is 513. The van der Waals surface area contributed by atoms with E-state index in [9.17, 15) is 14.7 Å². The van der Waals surface area contributed by atoms with E-state index in [0.717, 1.165) is 30.4 Å². The molecule has 2 N–H and O–H groups in total. The summed E-state index contributed by atoms with van der Waals surface area (Å²) in [6.45, 7) is 6.36. The van der Waals surface area contributed by atoms with Crippen LogP contribution in [0.1, 0.15) is 48.9 Å². The normalized spacial score (nSPS) is 12.0. The van der Waals surface area contributed by atoms with Crippen molar-refractivity contribution in [3.63, 3.8) is 0 Å². The van der Waals surface area contributed by atoms with Crippen molar-refractivity contribution in [1.29, 1.82) is 0 Å². The molecule has 0 aromatic heterocycles. The molecule has 0 bridgehead atoms. The fraction of sp³-hybridized carbons (Fsp3) is 0.529. The number of nitrogens with one attached hydrogen (secondary N) is 1. The second-order valence-electron chi connectivity index (χ2n) is 5.44. The van der Waals surface area contributed by atoms with E-state index in [0.29, 0.717) is 12.2 Å². The van der Waals surface area contributed by atoms with E-state index >= 15 is 0 Å². The van der Waals surface area contributed by atoms with E-state index in [2.05, 4.69) is 12.2 Å². The standard InChI is InChI=1S/C17H25NO4/c1-4-5-6-9-22-11-15(19)18-16(17(20)21)14-8-7-12(2)13(3)10-14/h7-8,10,16H,4-6,9,11H2,1-3H3,(H,18,19)(H,20,21). The Morgan fingerprint density at radius 2 is 1.95 bits per heavy atom. The molecule has 1 aromatic carbocycles. The molecule has 122 valence electrons. The fourth-order valence-corrected chi connectivity index (χ4v) is 2.05. The first-order valence-corrected chi connectivity index (χ1v) is 7.62. The average molecular weight is 307 g/mol. The maximum absolute atomic E-state index is 11.8. The zero-order chi connectivity index (χ0) is 16.5. The second kappa shape index (κ2) is 9.20. The van der Waals surface area contributed by atoms with Gasteiger partial charge >= 0.3 is 5.97 Å². The Labute approximate surface area is 131 Å². The maximum Gasteiger partial charge on any atom is 0.330 e. The number of carboxylic acids is 1. The third-order valence-corrected chi connectivity index (χ3v) is 3.54. The van der Waals surface area contributed by atoms with Crippen LogP contribution in [0, 0.1) is 13.8 Å². The number of amides is 1. The van der Waals surface area contributed by atoms with Gasteiger partial charge in [0.05, 0.1) is 0 Å². The van der Waals surface area contributed by atoms with Crippen molar-refractivity contribution in [2.75, 3.05) is 13.2 Å². The highest BCUT2D eigenvalue weighted by atomic mass is 16.5. The van der Waals surface area contributed by atoms with Gasteiger partial charge in [0, 0.05) is 6.61 Å². The SMILES string of the molecule is CCCCCOCC(=O)NC(C(=O)O)c1ccc(C)c(C)c1. The molecule has 0 saturated heterocycles. The van der Waals surface area contributed by atoms with Crippen molar-refractivity contribution >= 4 is 11.9 Å². The first-order valence-electron chi connectivity index (χ1n) is 7.62. The van der Waals surface area contributed by atoms with Gasteiger partial charge in [-0.15, -0.1) is 0 Å². The Morgan fingerprint density at radius 1 is 1.23 bits per heavy atom. The third kappa shape index (κ3) is 5.85. The van der Waals surface area contributed by atoms with Crippen molar-refractivity contribution < 1.29 is 19.4 Å². The van der Waals surface area contributed by atoms with Gasteiger partial charge in [-0.05, 0) is 37.0 Å². The lowest BCUT2D eigenvalue weighted by Gasteiger charge is -2.16. The minimum atomic E-state index is -1.08. The molecule has 5 heteroatoms. The summed E-state index contributed by atoms with van der Waals surface area (Å²) < 4.78 is 5.25. The predicted octanol–water partition coefficient (Wildman–Crippen LogP) is 2.75. The number of hydrogen-bond acceptors (Lipinski definition) is 3. The van der Waals surface area contributed by atoms with Crippen LogP contribution in [0.15, 0.2) is 18.2 Å². The van der Waals surface area contributed by atoms with Gasteiger partial charge in [0.2, 0.25) is 5.91 Å². The zero-order valence-corrected chi connectivity index (χ0v) is 13.5. The van der Waals surface area contributed by atoms with Crippen molar-refractivity contribution in [3.8, 4) is 0 Å². The van der Waals surface area contributed by atoms with Crippen LogP contribution in [-0.4, -0.2) is 30.2 Å². The molecule has 0 saturated carbocycles. The van der Waals surface area contributed by atoms with Gasteiger partial charge in [-0.3, -0.25) is 4.79 Å². The number of aliphatic carboxylic acids is 1. The van der Waals surface area contributed by atoms with Gasteiger partial charge in [0.1, 0.15) is 6.61 Å². The Hall–Kier alpha value is -1.88. The number of ether oxygens (including phenoxy) is 1. The molecule has 1 amide bonds. The molecule has 0 heterocycles. The highest BCUT2D eigenvalue weighted by Gasteiger charge is 2.22. The number of benzene rings is 1. The number of carbonyl (C=O) groups excluding carboxylic acids is 1. The van der Waals surface area contributed by atoms with E-state index in [1.54, 1.807) is 12.1 Å². The number of unbranched alkanes of at least 4 members (excludes halogenated alkanes) is 2. The van der Waals surface area contributed by atoms with Crippen molar-refractivity contribution in [1.82, 2.24) is 5.32 Å². The molecule has 5 nitrogen and oxygen atoms in total. The first kappa shape index (κ1) is 18.2. The van der Waals surface area contributed by atoms with Gasteiger partial charge in [-0.1, -0.05) is 38.0 Å². The molecule has 1 atom stereocenters. The second-order valence-corrected chi connectivity index (χ2v) is 5.44. The summed E-state index contributed by atoms with van der Waals surface area (Å²) in [6, 6.07) is 4.32. The van der Waals surface area contributed by atoms with Gasteiger partial charge in [0.25, 0.3) is 0 Å². The highest BCUT2D eigenvalue weighted by molar-refractivity contribution is 5.85. The molecule has 0 spiro atoms. The molecule has 1 unspecified atom stereocenters. The minimum Gasteiger partial charge on any atom is -0.479 e. The molecular weight excluding hydrogens is 282 g/mol. The van der Waals surface area contributed by atoms with Crippen molar-refractivity contribution in [3.05, 3.63) is 34.9 Å². The van der Waals surface area contributed by atoms with Crippen LogP contribution in [0.5, 0.6) is 0 Å². The van der Waals surface area contributed by atoms with Crippen molar-refractivity contribution in [2.45, 2.75) is 46.1 Å². The van der Waals surface area contributed by atoms with Gasteiger partial charge in [0.15, 0.2) is 6.04 Å². The Morgan fingerprint density at radius 3 is 2.55 bits per heavy atom. The summed E-state index contributed by atoms with van der Waals surface area (Å²) >= 11 is 0. The molecule has 0 aliphatic carbocycles. The van der Waals surface area contributed by atoms with E-state index < -0.39 is 17.9 Å². The van der Waals surface area contributed by atoms with Crippen LogP contribution in [0.3, 0.4) is 0 Å². The largest absolute Gasteiger partial charge is 0.479 e. The molecule has 0 fully saturated rings. The molecule has 22 heavy (non-hydrogen) atoms. The number of hydrogen-bond donors (Lipinski definition) is 2. The summed E-state index contributed by atoms with van der Waals surface area (Å²) in [5.41, 5.74) is 2.64. The number of carboxylic acid groups (broad SMARTS) is 1. The quantitative estimate of drug-likeness (QED) is 0.688. The van der Waals surface area contributed by atoms with Gasteiger partial charge in [-0.25, -0.2) is 4.79 Å². The van der Waals surface area contributed by atoms with Crippen LogP contribution in [0.25, 0.3) is 0 Å². The third-order valence-electron chi connectivity index (χ3n) is 3.54. The molecule has 0 aliphatic heterocycles. The van der Waals surface area contributed by atoms with Crippen LogP contribution >= 0.6 is 0 Å². The molecule has 1 rings (SSSR count). The summed E-state index contributed by atoms with van der Waals surface area (Å²) in [5.74, 6) is -1.50. The molecule has 0 radical (unpaired) electrons. The van der Waals surface area contributed by atoms with Crippen LogP contribution in [0.2, 0.25) is 0 Å². The van der Waals surface area contributed by atoms with Crippen LogP contribution < -0.4 is 5.32 Å². The topological polar surface area (TPSA) is 75.6 Å². The smallest absolute Gasteiger partial charge is 0.330 e. The zero-order valence-electron chi connectivity index (χ0n) is 13.5. The molecule has 1 aromatic rings. The number of rotatable bonds is 9. The van der Waals surface area contributed by atoms with E-state index in [1.165, 1.54) is 0 Å².